The molecule has 2 heterocycles. The molecule has 2 aromatic carbocycles. The zero-order valence-electron chi connectivity index (χ0n) is 16.9. The molecule has 1 N–H and O–H groups in total. The fourth-order valence-corrected chi connectivity index (χ4v) is 3.89. The number of anilines is 1. The van der Waals surface area contributed by atoms with E-state index in [-0.39, 0.29) is 17.7 Å². The second kappa shape index (κ2) is 7.30. The number of aryl methyl sites for hydroxylation is 1. The van der Waals surface area contributed by atoms with Crippen LogP contribution in [-0.2, 0) is 4.79 Å². The summed E-state index contributed by atoms with van der Waals surface area (Å²) in [6, 6.07) is 21.7. The molecule has 1 saturated carbocycles. The van der Waals surface area contributed by atoms with E-state index in [1.165, 1.54) is 5.56 Å². The molecule has 1 aliphatic carbocycles. The number of hydrogen-bond acceptors (Lipinski definition) is 4. The van der Waals surface area contributed by atoms with E-state index in [4.69, 9.17) is 4.74 Å². The Balaban J connectivity index is 1.44. The van der Waals surface area contributed by atoms with Gasteiger partial charge in [-0.1, -0.05) is 30.3 Å². The van der Waals surface area contributed by atoms with Crippen LogP contribution < -0.4 is 10.1 Å². The van der Waals surface area contributed by atoms with Crippen LogP contribution in [0.1, 0.15) is 23.6 Å². The van der Waals surface area contributed by atoms with Gasteiger partial charge in [0.2, 0.25) is 5.91 Å². The second-order valence-electron chi connectivity index (χ2n) is 7.66. The van der Waals surface area contributed by atoms with Crippen molar-refractivity contribution in [3.05, 3.63) is 78.0 Å². The van der Waals surface area contributed by atoms with E-state index in [2.05, 4.69) is 27.5 Å². The second-order valence-corrected chi connectivity index (χ2v) is 7.66. The Hall–Kier alpha value is -3.67. The maximum Gasteiger partial charge on any atom is 0.229 e. The zero-order valence-corrected chi connectivity index (χ0v) is 16.9. The molecule has 6 nitrogen and oxygen atoms in total. The predicted octanol–water partition coefficient (Wildman–Crippen LogP) is 4.46. The Morgan fingerprint density at radius 3 is 2.60 bits per heavy atom. The Kier molecular flexibility index (Phi) is 4.47. The summed E-state index contributed by atoms with van der Waals surface area (Å²) in [6.07, 6.45) is 0.870. The number of nitrogens with one attached hydrogen (secondary N) is 1. The molecule has 2 atom stereocenters. The fourth-order valence-electron chi connectivity index (χ4n) is 3.89. The van der Waals surface area contributed by atoms with Gasteiger partial charge in [-0.05, 0) is 49.1 Å². The number of nitrogens with zero attached hydrogens (tertiary/aromatic N) is 3. The number of amides is 1. The summed E-state index contributed by atoms with van der Waals surface area (Å²) in [5.74, 6) is 1.61. The van der Waals surface area contributed by atoms with Crippen LogP contribution >= 0.6 is 0 Å². The summed E-state index contributed by atoms with van der Waals surface area (Å²) >= 11 is 0. The first-order chi connectivity index (χ1) is 14.6. The molecule has 150 valence electrons. The van der Waals surface area contributed by atoms with Crippen molar-refractivity contribution in [3.63, 3.8) is 0 Å². The standard InChI is InChI=1S/C24H22N4O2/c1-15-12-23-25-22(26-24(29)20-13-19(20)16-6-4-3-5-7-16)14-21(28(23)27-15)17-8-10-18(30-2)11-9-17/h3-12,14,19-20H,13H2,1-2H3,(H,25,26,29). The van der Waals surface area contributed by atoms with Crippen LogP contribution in [0.25, 0.3) is 16.9 Å². The summed E-state index contributed by atoms with van der Waals surface area (Å²) in [4.78, 5) is 17.4. The molecule has 5 rings (SSSR count). The van der Waals surface area contributed by atoms with Gasteiger partial charge in [0.15, 0.2) is 5.65 Å². The molecule has 2 unspecified atom stereocenters. The van der Waals surface area contributed by atoms with Crippen molar-refractivity contribution in [1.29, 1.82) is 0 Å². The molecule has 0 aliphatic heterocycles. The highest BCUT2D eigenvalue weighted by Crippen LogP contribution is 2.47. The minimum Gasteiger partial charge on any atom is -0.497 e. The van der Waals surface area contributed by atoms with Gasteiger partial charge >= 0.3 is 0 Å². The van der Waals surface area contributed by atoms with Crippen LogP contribution in [0.15, 0.2) is 66.7 Å². The molecule has 0 spiro atoms. The average Bonchev–Trinajstić information content (AvgIpc) is 3.49. The molecule has 1 fully saturated rings. The smallest absolute Gasteiger partial charge is 0.229 e. The van der Waals surface area contributed by atoms with Crippen molar-refractivity contribution in [2.24, 2.45) is 5.92 Å². The Labute approximate surface area is 174 Å². The summed E-state index contributed by atoms with van der Waals surface area (Å²) in [5, 5.41) is 7.58. The Morgan fingerprint density at radius 1 is 1.10 bits per heavy atom. The third-order valence-electron chi connectivity index (χ3n) is 5.54. The lowest BCUT2D eigenvalue weighted by Crippen LogP contribution is -2.16. The van der Waals surface area contributed by atoms with E-state index in [0.29, 0.717) is 11.5 Å². The molecule has 0 bridgehead atoms. The van der Waals surface area contributed by atoms with Gasteiger partial charge in [0.05, 0.1) is 18.5 Å². The SMILES string of the molecule is COc1ccc(-c2cc(NC(=O)C3CC3c3ccccc3)nc3cc(C)nn23)cc1. The molecule has 6 heteroatoms. The molecular weight excluding hydrogens is 376 g/mol. The van der Waals surface area contributed by atoms with Crippen LogP contribution in [0.3, 0.4) is 0 Å². The number of aromatic nitrogens is 3. The highest BCUT2D eigenvalue weighted by molar-refractivity contribution is 5.95. The summed E-state index contributed by atoms with van der Waals surface area (Å²) < 4.78 is 7.06. The fraction of sp³-hybridized carbons (Fsp3) is 0.208. The Morgan fingerprint density at radius 2 is 1.87 bits per heavy atom. The molecular formula is C24H22N4O2. The van der Waals surface area contributed by atoms with Gasteiger partial charge in [0.25, 0.3) is 0 Å². The van der Waals surface area contributed by atoms with Crippen molar-refractivity contribution >= 4 is 17.4 Å². The summed E-state index contributed by atoms with van der Waals surface area (Å²) in [5.41, 5.74) is 4.61. The summed E-state index contributed by atoms with van der Waals surface area (Å²) in [7, 11) is 1.64. The van der Waals surface area contributed by atoms with Gasteiger partial charge in [-0.15, -0.1) is 0 Å². The lowest BCUT2D eigenvalue weighted by molar-refractivity contribution is -0.117. The minimum absolute atomic E-state index is 0.0117. The monoisotopic (exact) mass is 398 g/mol. The van der Waals surface area contributed by atoms with Crippen LogP contribution in [0.5, 0.6) is 5.75 Å². The summed E-state index contributed by atoms with van der Waals surface area (Å²) in [6.45, 7) is 1.93. The third-order valence-corrected chi connectivity index (χ3v) is 5.54. The first kappa shape index (κ1) is 18.4. The molecule has 2 aromatic heterocycles. The van der Waals surface area contributed by atoms with Gasteiger partial charge in [-0.3, -0.25) is 4.79 Å². The number of hydrogen-bond donors (Lipinski definition) is 1. The molecule has 0 radical (unpaired) electrons. The molecule has 4 aromatic rings. The number of ether oxygens (including phenoxy) is 1. The van der Waals surface area contributed by atoms with Crippen LogP contribution in [-0.4, -0.2) is 27.6 Å². The van der Waals surface area contributed by atoms with E-state index >= 15 is 0 Å². The number of methoxy groups -OCH3 is 1. The minimum atomic E-state index is -0.0125. The largest absolute Gasteiger partial charge is 0.497 e. The lowest BCUT2D eigenvalue weighted by atomic mass is 10.1. The van der Waals surface area contributed by atoms with Crippen molar-refractivity contribution in [3.8, 4) is 17.0 Å². The number of carbonyl (C=O) groups is 1. The normalized spacial score (nSPS) is 17.7. The van der Waals surface area contributed by atoms with Crippen molar-refractivity contribution in [2.75, 3.05) is 12.4 Å². The first-order valence-electron chi connectivity index (χ1n) is 10.00. The van der Waals surface area contributed by atoms with E-state index in [9.17, 15) is 4.79 Å². The van der Waals surface area contributed by atoms with Crippen LogP contribution in [0.4, 0.5) is 5.82 Å². The topological polar surface area (TPSA) is 68.5 Å². The molecule has 1 amide bonds. The molecule has 30 heavy (non-hydrogen) atoms. The molecule has 1 aliphatic rings. The molecule has 0 saturated heterocycles. The van der Waals surface area contributed by atoms with E-state index in [1.54, 1.807) is 11.6 Å². The maximum atomic E-state index is 12.8. The highest BCUT2D eigenvalue weighted by Gasteiger charge is 2.44. The van der Waals surface area contributed by atoms with Gasteiger partial charge in [0.1, 0.15) is 11.6 Å². The quantitative estimate of drug-likeness (QED) is 0.539. The van der Waals surface area contributed by atoms with Gasteiger partial charge in [-0.25, -0.2) is 9.50 Å². The van der Waals surface area contributed by atoms with Crippen molar-refractivity contribution < 1.29 is 9.53 Å². The van der Waals surface area contributed by atoms with E-state index < -0.39 is 0 Å². The third kappa shape index (κ3) is 3.41. The Bertz CT molecular complexity index is 1220. The van der Waals surface area contributed by atoms with Crippen LogP contribution in [0, 0.1) is 12.8 Å². The van der Waals surface area contributed by atoms with Crippen LogP contribution in [0.2, 0.25) is 0 Å². The highest BCUT2D eigenvalue weighted by atomic mass is 16.5. The van der Waals surface area contributed by atoms with E-state index in [0.717, 1.165) is 29.1 Å². The van der Waals surface area contributed by atoms with Gasteiger partial charge in [-0.2, -0.15) is 5.10 Å². The van der Waals surface area contributed by atoms with Gasteiger partial charge < -0.3 is 10.1 Å². The number of carbonyl (C=O) groups excluding carboxylic acids is 1. The van der Waals surface area contributed by atoms with Gasteiger partial charge in [0, 0.05) is 23.6 Å². The van der Waals surface area contributed by atoms with Crippen molar-refractivity contribution in [2.45, 2.75) is 19.3 Å². The average molecular weight is 398 g/mol. The number of rotatable bonds is 5. The predicted molar refractivity (Wildman–Crippen MR) is 116 cm³/mol. The first-order valence-corrected chi connectivity index (χ1v) is 10.00. The van der Waals surface area contributed by atoms with Crippen molar-refractivity contribution in [1.82, 2.24) is 14.6 Å². The number of fused-ring (bicyclic) bond motifs is 1. The maximum absolute atomic E-state index is 12.8. The lowest BCUT2D eigenvalue weighted by Gasteiger charge is -2.10. The number of benzene rings is 2. The zero-order chi connectivity index (χ0) is 20.7. The van der Waals surface area contributed by atoms with E-state index in [1.807, 2.05) is 61.5 Å².